The maximum Gasteiger partial charge on any atom is 0.136 e. The minimum Gasteiger partial charge on any atom is -0.598 e. The highest BCUT2D eigenvalue weighted by Gasteiger charge is 2.30. The molecule has 0 aromatic carbocycles. The first-order chi connectivity index (χ1) is 9.29. The third kappa shape index (κ3) is 4.98. The normalized spacial score (nSPS) is 15.2. The van der Waals surface area contributed by atoms with Gasteiger partial charge in [-0.3, -0.25) is 0 Å². The topological polar surface area (TPSA) is 80.2 Å². The largest absolute Gasteiger partial charge is 0.598 e. The molecule has 114 valence electrons. The van der Waals surface area contributed by atoms with Gasteiger partial charge in [0.15, 0.2) is 0 Å². The predicted octanol–water partition coefficient (Wildman–Crippen LogP) is 1.65. The fraction of sp³-hybridized carbons (Fsp3) is 0.615. The van der Waals surface area contributed by atoms with E-state index in [0.717, 1.165) is 10.2 Å². The number of nitrogens with zero attached hydrogens (tertiary/aromatic N) is 1. The lowest BCUT2D eigenvalue weighted by Crippen LogP contribution is -2.42. The zero-order valence-corrected chi connectivity index (χ0v) is 14.6. The van der Waals surface area contributed by atoms with Gasteiger partial charge in [-0.15, -0.1) is 4.72 Å². The molecule has 0 amide bonds. The Morgan fingerprint density at radius 2 is 2.10 bits per heavy atom. The van der Waals surface area contributed by atoms with Crippen molar-refractivity contribution in [2.45, 2.75) is 38.1 Å². The van der Waals surface area contributed by atoms with Crippen LogP contribution in [0.2, 0.25) is 0 Å². The lowest BCUT2D eigenvalue weighted by atomic mass is 10.2. The molecule has 1 aromatic rings. The van der Waals surface area contributed by atoms with Crippen LogP contribution in [0.4, 0.5) is 0 Å². The second kappa shape index (κ2) is 7.72. The molecule has 0 radical (unpaired) electrons. The molecule has 1 heterocycles. The second-order valence-corrected chi connectivity index (χ2v) is 8.20. The van der Waals surface area contributed by atoms with Crippen molar-refractivity contribution < 1.29 is 9.66 Å². The van der Waals surface area contributed by atoms with E-state index in [9.17, 15) is 9.66 Å². The van der Waals surface area contributed by atoms with Gasteiger partial charge in [0.05, 0.1) is 12.3 Å². The van der Waals surface area contributed by atoms with E-state index in [0.29, 0.717) is 12.2 Å². The Kier molecular flexibility index (Phi) is 6.90. The van der Waals surface area contributed by atoms with Crippen LogP contribution < -0.4 is 10.0 Å². The molecular weight excluding hydrogens is 342 g/mol. The fourth-order valence-corrected chi connectivity index (χ4v) is 2.78. The van der Waals surface area contributed by atoms with Crippen LogP contribution in [0.25, 0.3) is 0 Å². The van der Waals surface area contributed by atoms with Crippen LogP contribution in [0.15, 0.2) is 16.7 Å². The van der Waals surface area contributed by atoms with E-state index in [4.69, 9.17) is 0 Å². The van der Waals surface area contributed by atoms with Crippen molar-refractivity contribution in [3.8, 4) is 0 Å². The smallest absolute Gasteiger partial charge is 0.136 e. The summed E-state index contributed by atoms with van der Waals surface area (Å²) in [4.78, 5) is 4.42. The quantitative estimate of drug-likeness (QED) is 0.528. The van der Waals surface area contributed by atoms with Crippen molar-refractivity contribution in [1.29, 1.82) is 0 Å². The first-order valence-electron chi connectivity index (χ1n) is 6.38. The standard InChI is InChI=1S/C13H22BrN3O2S/c1-13(2,3)20(19)17-11(8-18)10-6-5-9(7-15-4)12(14)16-10/h5-6,11,15,17-18H,7-8H2,1-4H3/t11-,20+/m1/s1. The van der Waals surface area contributed by atoms with Gasteiger partial charge in [-0.1, -0.05) is 6.07 Å². The van der Waals surface area contributed by atoms with E-state index in [2.05, 4.69) is 31.0 Å². The third-order valence-electron chi connectivity index (χ3n) is 2.66. The highest BCUT2D eigenvalue weighted by molar-refractivity contribution is 9.10. The highest BCUT2D eigenvalue weighted by atomic mass is 79.9. The zero-order valence-electron chi connectivity index (χ0n) is 12.2. The molecule has 0 aliphatic heterocycles. The maximum atomic E-state index is 12.1. The number of pyridine rings is 1. The van der Waals surface area contributed by atoms with Gasteiger partial charge in [-0.2, -0.15) is 0 Å². The molecule has 20 heavy (non-hydrogen) atoms. The molecule has 1 aromatic heterocycles. The van der Waals surface area contributed by atoms with Gasteiger partial charge in [0.2, 0.25) is 0 Å². The van der Waals surface area contributed by atoms with Crippen LogP contribution in [-0.2, 0) is 17.9 Å². The summed E-state index contributed by atoms with van der Waals surface area (Å²) in [6.07, 6.45) is 0. The molecule has 0 aliphatic rings. The van der Waals surface area contributed by atoms with Crippen molar-refractivity contribution in [3.05, 3.63) is 28.0 Å². The van der Waals surface area contributed by atoms with Crippen LogP contribution in [0.1, 0.15) is 38.1 Å². The molecule has 1 rings (SSSR count). The van der Waals surface area contributed by atoms with Gasteiger partial charge in [-0.25, -0.2) is 4.98 Å². The van der Waals surface area contributed by atoms with Crippen molar-refractivity contribution in [2.75, 3.05) is 13.7 Å². The lowest BCUT2D eigenvalue weighted by molar-refractivity contribution is 0.255. The van der Waals surface area contributed by atoms with E-state index in [1.54, 1.807) is 0 Å². The van der Waals surface area contributed by atoms with E-state index >= 15 is 0 Å². The molecule has 0 fully saturated rings. The maximum absolute atomic E-state index is 12.1. The molecular formula is C13H22BrN3O2S. The number of aliphatic hydroxyl groups excluding tert-OH is 1. The van der Waals surface area contributed by atoms with Gasteiger partial charge in [0, 0.05) is 17.9 Å². The minimum atomic E-state index is -1.26. The summed E-state index contributed by atoms with van der Waals surface area (Å²) in [5.74, 6) is 0. The molecule has 0 spiro atoms. The van der Waals surface area contributed by atoms with Gasteiger partial charge in [0.25, 0.3) is 0 Å². The monoisotopic (exact) mass is 363 g/mol. The van der Waals surface area contributed by atoms with Crippen molar-refractivity contribution in [1.82, 2.24) is 15.0 Å². The van der Waals surface area contributed by atoms with Crippen LogP contribution >= 0.6 is 15.9 Å². The Hall–Kier alpha value is -0.180. The number of rotatable bonds is 6. The van der Waals surface area contributed by atoms with E-state index in [1.807, 2.05) is 40.0 Å². The van der Waals surface area contributed by atoms with Crippen LogP contribution in [-0.4, -0.2) is 33.0 Å². The first-order valence-corrected chi connectivity index (χ1v) is 8.32. The van der Waals surface area contributed by atoms with Gasteiger partial charge < -0.3 is 15.0 Å². The Bertz CT molecular complexity index is 440. The van der Waals surface area contributed by atoms with Gasteiger partial charge in [0.1, 0.15) is 15.4 Å². The number of hydrogen-bond donors (Lipinski definition) is 3. The first kappa shape index (κ1) is 17.9. The predicted molar refractivity (Wildman–Crippen MR) is 85.6 cm³/mol. The summed E-state index contributed by atoms with van der Waals surface area (Å²) in [5, 5.41) is 12.5. The Balaban J connectivity index is 2.88. The summed E-state index contributed by atoms with van der Waals surface area (Å²) < 4.78 is 15.4. The molecule has 0 aliphatic carbocycles. The van der Waals surface area contributed by atoms with Crippen molar-refractivity contribution >= 4 is 27.3 Å². The second-order valence-electron chi connectivity index (χ2n) is 5.45. The van der Waals surface area contributed by atoms with E-state index in [-0.39, 0.29) is 6.61 Å². The van der Waals surface area contributed by atoms with E-state index < -0.39 is 22.2 Å². The summed E-state index contributed by atoms with van der Waals surface area (Å²) >= 11 is 2.15. The molecule has 0 saturated carbocycles. The number of aromatic nitrogens is 1. The molecule has 7 heteroatoms. The lowest BCUT2D eigenvalue weighted by Gasteiger charge is -2.27. The Morgan fingerprint density at radius 1 is 1.45 bits per heavy atom. The molecule has 0 unspecified atom stereocenters. The summed E-state index contributed by atoms with van der Waals surface area (Å²) in [6.45, 7) is 6.18. The molecule has 3 N–H and O–H groups in total. The molecule has 0 bridgehead atoms. The van der Waals surface area contributed by atoms with Crippen LogP contribution in [0.3, 0.4) is 0 Å². The number of nitrogens with one attached hydrogen (secondary N) is 2. The Morgan fingerprint density at radius 3 is 2.55 bits per heavy atom. The SMILES string of the molecule is CNCc1ccc([C@@H](CO)N[S@@+]([O-])C(C)(C)C)nc1Br. The highest BCUT2D eigenvalue weighted by Crippen LogP contribution is 2.21. The summed E-state index contributed by atoms with van der Waals surface area (Å²) in [6, 6.07) is 3.33. The molecule has 2 atom stereocenters. The zero-order chi connectivity index (χ0) is 15.3. The molecule has 5 nitrogen and oxygen atoms in total. The van der Waals surface area contributed by atoms with Crippen LogP contribution in [0.5, 0.6) is 0 Å². The average Bonchev–Trinajstić information content (AvgIpc) is 2.37. The van der Waals surface area contributed by atoms with Gasteiger partial charge >= 0.3 is 0 Å². The average molecular weight is 364 g/mol. The van der Waals surface area contributed by atoms with Crippen molar-refractivity contribution in [2.24, 2.45) is 0 Å². The number of hydrogen-bond acceptors (Lipinski definition) is 5. The summed E-state index contributed by atoms with van der Waals surface area (Å²) in [5.41, 5.74) is 1.70. The third-order valence-corrected chi connectivity index (χ3v) is 4.96. The minimum absolute atomic E-state index is 0.160. The molecule has 0 saturated heterocycles. The van der Waals surface area contributed by atoms with E-state index in [1.165, 1.54) is 0 Å². The number of halogens is 1. The summed E-state index contributed by atoms with van der Waals surface area (Å²) in [7, 11) is 1.87. The fourth-order valence-electron chi connectivity index (χ4n) is 1.49. The Labute approximate surface area is 132 Å². The number of aliphatic hydroxyl groups is 1. The van der Waals surface area contributed by atoms with Crippen LogP contribution in [0, 0.1) is 0 Å². The van der Waals surface area contributed by atoms with Gasteiger partial charge in [-0.05, 0) is 55.4 Å². The van der Waals surface area contributed by atoms with Crippen molar-refractivity contribution in [3.63, 3.8) is 0 Å².